The fraction of sp³-hybridized carbons (Fsp3) is 0.294. The lowest BCUT2D eigenvalue weighted by Gasteiger charge is -2.13. The van der Waals surface area contributed by atoms with Crippen molar-refractivity contribution < 1.29 is 14.4 Å². The number of imide groups is 1. The molecule has 0 bridgehead atoms. The van der Waals surface area contributed by atoms with Gasteiger partial charge >= 0.3 is 6.03 Å². The molecule has 0 saturated carbocycles. The summed E-state index contributed by atoms with van der Waals surface area (Å²) in [7, 11) is 0. The van der Waals surface area contributed by atoms with Gasteiger partial charge < -0.3 is 10.6 Å². The average Bonchev–Trinajstić information content (AvgIpc) is 3.12. The number of carbonyl (C=O) groups excluding carboxylic acids is 3. The molecule has 2 N–H and O–H groups in total. The molecule has 25 heavy (non-hydrogen) atoms. The van der Waals surface area contributed by atoms with E-state index in [1.807, 2.05) is 19.9 Å². The maximum atomic E-state index is 12.5. The van der Waals surface area contributed by atoms with Gasteiger partial charge in [-0.25, -0.2) is 9.78 Å². The van der Waals surface area contributed by atoms with Crippen molar-refractivity contribution in [2.45, 2.75) is 26.8 Å². The molecule has 8 heteroatoms. The van der Waals surface area contributed by atoms with Crippen molar-refractivity contribution in [3.63, 3.8) is 0 Å². The Balaban J connectivity index is 1.73. The van der Waals surface area contributed by atoms with Crippen LogP contribution in [0.1, 0.15) is 32.9 Å². The number of aryl methyl sites for hydroxylation is 2. The van der Waals surface area contributed by atoms with Gasteiger partial charge in [0.05, 0.1) is 23.8 Å². The van der Waals surface area contributed by atoms with Crippen LogP contribution in [0.3, 0.4) is 0 Å². The zero-order chi connectivity index (χ0) is 18.0. The van der Waals surface area contributed by atoms with Crippen molar-refractivity contribution in [2.75, 3.05) is 11.9 Å². The summed E-state index contributed by atoms with van der Waals surface area (Å²) in [5.74, 6) is -0.464. The first-order chi connectivity index (χ1) is 12.0. The number of rotatable bonds is 5. The van der Waals surface area contributed by atoms with E-state index in [9.17, 15) is 14.4 Å². The van der Waals surface area contributed by atoms with Crippen molar-refractivity contribution >= 4 is 34.9 Å². The minimum atomic E-state index is -0.396. The van der Waals surface area contributed by atoms with Crippen molar-refractivity contribution in [1.82, 2.24) is 15.2 Å². The summed E-state index contributed by atoms with van der Waals surface area (Å²) in [6.45, 7) is 4.02. The highest BCUT2D eigenvalue weighted by molar-refractivity contribution is 7.13. The van der Waals surface area contributed by atoms with E-state index in [4.69, 9.17) is 0 Å². The van der Waals surface area contributed by atoms with Gasteiger partial charge in [-0.05, 0) is 31.0 Å². The molecule has 7 nitrogen and oxygen atoms in total. The van der Waals surface area contributed by atoms with E-state index in [-0.39, 0.29) is 24.9 Å². The van der Waals surface area contributed by atoms with Crippen LogP contribution < -0.4 is 10.6 Å². The molecule has 1 aromatic heterocycles. The lowest BCUT2D eigenvalue weighted by molar-refractivity contribution is -0.125. The first-order valence-corrected chi connectivity index (χ1v) is 8.74. The van der Waals surface area contributed by atoms with Gasteiger partial charge in [-0.3, -0.25) is 14.5 Å². The van der Waals surface area contributed by atoms with Gasteiger partial charge in [0, 0.05) is 5.69 Å². The van der Waals surface area contributed by atoms with E-state index >= 15 is 0 Å². The van der Waals surface area contributed by atoms with Crippen molar-refractivity contribution in [3.8, 4) is 0 Å². The third kappa shape index (κ3) is 3.69. The fourth-order valence-electron chi connectivity index (χ4n) is 2.55. The van der Waals surface area contributed by atoms with Gasteiger partial charge in [0.25, 0.3) is 5.91 Å². The molecule has 0 aliphatic carbocycles. The Morgan fingerprint density at radius 2 is 2.20 bits per heavy atom. The first kappa shape index (κ1) is 17.1. The summed E-state index contributed by atoms with van der Waals surface area (Å²) < 4.78 is 0. The van der Waals surface area contributed by atoms with Gasteiger partial charge in [-0.2, -0.15) is 0 Å². The van der Waals surface area contributed by atoms with Crippen molar-refractivity contribution in [1.29, 1.82) is 0 Å². The zero-order valence-electron chi connectivity index (χ0n) is 14.0. The van der Waals surface area contributed by atoms with E-state index in [0.29, 0.717) is 10.6 Å². The minimum absolute atomic E-state index is 0.0275. The quantitative estimate of drug-likeness (QED) is 0.803. The molecule has 1 aromatic carbocycles. The lowest BCUT2D eigenvalue weighted by Crippen LogP contribution is -2.30. The van der Waals surface area contributed by atoms with Crippen molar-refractivity contribution in [3.05, 3.63) is 45.4 Å². The highest BCUT2D eigenvalue weighted by Crippen LogP contribution is 2.21. The second-order valence-electron chi connectivity index (χ2n) is 5.67. The SMILES string of the molecule is CCc1nc(C)c(C(=O)Nc2cccc(CN3C(=O)CNC3=O)c2)s1. The number of amides is 4. The van der Waals surface area contributed by atoms with Gasteiger partial charge in [0.1, 0.15) is 4.88 Å². The highest BCUT2D eigenvalue weighted by Gasteiger charge is 2.28. The number of anilines is 1. The van der Waals surface area contributed by atoms with Crippen LogP contribution in [0.25, 0.3) is 0 Å². The van der Waals surface area contributed by atoms with Crippen LogP contribution in [-0.2, 0) is 17.8 Å². The van der Waals surface area contributed by atoms with Crippen LogP contribution >= 0.6 is 11.3 Å². The molecule has 130 valence electrons. The zero-order valence-corrected chi connectivity index (χ0v) is 14.8. The summed E-state index contributed by atoms with van der Waals surface area (Å²) in [4.78, 5) is 41.9. The van der Waals surface area contributed by atoms with Gasteiger partial charge in [-0.1, -0.05) is 19.1 Å². The number of hydrogen-bond acceptors (Lipinski definition) is 5. The topological polar surface area (TPSA) is 91.4 Å². The molecule has 1 saturated heterocycles. The molecule has 2 aromatic rings. The van der Waals surface area contributed by atoms with E-state index in [2.05, 4.69) is 15.6 Å². The lowest BCUT2D eigenvalue weighted by atomic mass is 10.2. The number of urea groups is 1. The minimum Gasteiger partial charge on any atom is -0.329 e. The van der Waals surface area contributed by atoms with Crippen LogP contribution in [0.2, 0.25) is 0 Å². The maximum Gasteiger partial charge on any atom is 0.324 e. The molecule has 0 spiro atoms. The van der Waals surface area contributed by atoms with Crippen LogP contribution in [0.5, 0.6) is 0 Å². The number of thiazole rings is 1. The Hall–Kier alpha value is -2.74. The standard InChI is InChI=1S/C17H18N4O3S/c1-3-13-19-10(2)15(25-13)16(23)20-12-6-4-5-11(7-12)9-21-14(22)8-18-17(21)24/h4-7H,3,8-9H2,1-2H3,(H,18,24)(H,20,23). The second kappa shape index (κ2) is 7.02. The number of aromatic nitrogens is 1. The second-order valence-corrected chi connectivity index (χ2v) is 6.75. The molecule has 1 aliphatic heterocycles. The molecular formula is C17H18N4O3S. The van der Waals surface area contributed by atoms with Crippen LogP contribution in [0.4, 0.5) is 10.5 Å². The Labute approximate surface area is 149 Å². The Bertz CT molecular complexity index is 830. The number of hydrogen-bond donors (Lipinski definition) is 2. The van der Waals surface area contributed by atoms with Crippen LogP contribution in [-0.4, -0.2) is 34.3 Å². The summed E-state index contributed by atoms with van der Waals surface area (Å²) in [5.41, 5.74) is 2.09. The highest BCUT2D eigenvalue weighted by atomic mass is 32.1. The molecule has 1 fully saturated rings. The van der Waals surface area contributed by atoms with E-state index in [0.717, 1.165) is 27.6 Å². The number of nitrogens with zero attached hydrogens (tertiary/aromatic N) is 2. The summed E-state index contributed by atoms with van der Waals surface area (Å²) in [6, 6.07) is 6.71. The Morgan fingerprint density at radius 3 is 2.84 bits per heavy atom. The average molecular weight is 358 g/mol. The third-order valence-corrected chi connectivity index (χ3v) is 5.11. The van der Waals surface area contributed by atoms with E-state index in [1.54, 1.807) is 18.2 Å². The summed E-state index contributed by atoms with van der Waals surface area (Å²) in [6.07, 6.45) is 0.792. The van der Waals surface area contributed by atoms with E-state index in [1.165, 1.54) is 11.3 Å². The first-order valence-electron chi connectivity index (χ1n) is 7.92. The number of benzene rings is 1. The molecule has 0 radical (unpaired) electrons. The van der Waals surface area contributed by atoms with Gasteiger partial charge in [0.15, 0.2) is 0 Å². The molecule has 2 heterocycles. The Morgan fingerprint density at radius 1 is 1.40 bits per heavy atom. The molecule has 1 aliphatic rings. The Kier molecular flexibility index (Phi) is 4.80. The van der Waals surface area contributed by atoms with Crippen molar-refractivity contribution in [2.24, 2.45) is 0 Å². The predicted molar refractivity (Wildman–Crippen MR) is 94.6 cm³/mol. The summed E-state index contributed by atoms with van der Waals surface area (Å²) in [5, 5.41) is 6.26. The van der Waals surface area contributed by atoms with E-state index < -0.39 is 6.03 Å². The van der Waals surface area contributed by atoms with Crippen LogP contribution in [0.15, 0.2) is 24.3 Å². The number of nitrogens with one attached hydrogen (secondary N) is 2. The van der Waals surface area contributed by atoms with Gasteiger partial charge in [0.2, 0.25) is 5.91 Å². The largest absolute Gasteiger partial charge is 0.329 e. The molecular weight excluding hydrogens is 340 g/mol. The maximum absolute atomic E-state index is 12.5. The molecule has 4 amide bonds. The van der Waals surface area contributed by atoms with Gasteiger partial charge in [-0.15, -0.1) is 11.3 Å². The molecule has 0 unspecified atom stereocenters. The third-order valence-electron chi connectivity index (χ3n) is 3.81. The smallest absolute Gasteiger partial charge is 0.324 e. The number of carbonyl (C=O) groups is 3. The fourth-order valence-corrected chi connectivity index (χ4v) is 3.45. The monoisotopic (exact) mass is 358 g/mol. The summed E-state index contributed by atoms with van der Waals surface area (Å²) >= 11 is 1.39. The molecule has 3 rings (SSSR count). The normalized spacial score (nSPS) is 13.9. The molecule has 0 atom stereocenters. The predicted octanol–water partition coefficient (Wildman–Crippen LogP) is 2.32. The van der Waals surface area contributed by atoms with Crippen LogP contribution in [0, 0.1) is 6.92 Å².